The van der Waals surface area contributed by atoms with Gasteiger partial charge >= 0.3 is 11.9 Å². The third-order valence-corrected chi connectivity index (χ3v) is 5.49. The van der Waals surface area contributed by atoms with Crippen molar-refractivity contribution in [2.75, 3.05) is 24.7 Å². The number of aromatic nitrogens is 1. The van der Waals surface area contributed by atoms with E-state index in [1.807, 2.05) is 47.4 Å². The van der Waals surface area contributed by atoms with Crippen LogP contribution in [0.25, 0.3) is 11.3 Å². The average Bonchev–Trinajstić information content (AvgIpc) is 2.89. The van der Waals surface area contributed by atoms with Crippen molar-refractivity contribution in [3.63, 3.8) is 0 Å². The summed E-state index contributed by atoms with van der Waals surface area (Å²) in [5.41, 5.74) is 5.33. The molecule has 0 saturated carbocycles. The molecule has 34 heavy (non-hydrogen) atoms. The van der Waals surface area contributed by atoms with E-state index in [9.17, 15) is 9.59 Å². The van der Waals surface area contributed by atoms with Gasteiger partial charge in [-0.2, -0.15) is 4.57 Å². The van der Waals surface area contributed by atoms with E-state index in [4.69, 9.17) is 9.47 Å². The van der Waals surface area contributed by atoms with Gasteiger partial charge < -0.3 is 14.4 Å². The van der Waals surface area contributed by atoms with E-state index in [0.29, 0.717) is 24.3 Å². The number of hydrogen-bond acceptors (Lipinski definition) is 5. The van der Waals surface area contributed by atoms with Crippen molar-refractivity contribution in [2.45, 2.75) is 13.8 Å². The molecule has 2 heterocycles. The highest BCUT2D eigenvalue weighted by Crippen LogP contribution is 2.23. The number of anilines is 1. The Morgan fingerprint density at radius 1 is 0.824 bits per heavy atom. The van der Waals surface area contributed by atoms with E-state index >= 15 is 0 Å². The lowest BCUT2D eigenvalue weighted by atomic mass is 10.0. The first-order valence-electron chi connectivity index (χ1n) is 11.3. The summed E-state index contributed by atoms with van der Waals surface area (Å²) < 4.78 is 12.1. The van der Waals surface area contributed by atoms with Crippen LogP contribution in [0.2, 0.25) is 0 Å². The standard InChI is InChI=1S/C28H27N2O4/c1-3-33-27(31)23-5-9-25(10-6-23)29-17-13-21(14-18-29)22-15-19-30(20-16-22)26-11-7-24(8-12-26)28(32)34-4-2/h5-19H,3-4,20H2,1-2H3/q+1. The van der Waals surface area contributed by atoms with Gasteiger partial charge in [0.15, 0.2) is 12.4 Å². The average molecular weight is 456 g/mol. The first kappa shape index (κ1) is 23.0. The molecule has 0 unspecified atom stereocenters. The topological polar surface area (TPSA) is 59.7 Å². The zero-order chi connectivity index (χ0) is 23.9. The molecule has 1 aromatic heterocycles. The van der Waals surface area contributed by atoms with Crippen molar-refractivity contribution in [2.24, 2.45) is 0 Å². The summed E-state index contributed by atoms with van der Waals surface area (Å²) in [5, 5.41) is 0. The predicted octanol–water partition coefficient (Wildman–Crippen LogP) is 4.73. The molecule has 0 aliphatic carbocycles. The van der Waals surface area contributed by atoms with Gasteiger partial charge in [0.2, 0.25) is 5.69 Å². The van der Waals surface area contributed by atoms with Crippen molar-refractivity contribution in [3.05, 3.63) is 108 Å². The number of ether oxygens (including phenoxy) is 2. The quantitative estimate of drug-likeness (QED) is 0.381. The highest BCUT2D eigenvalue weighted by molar-refractivity contribution is 5.90. The SMILES string of the molecule is CCOC(=O)c1ccc(N2C=CC(c3cc[n+](-c4ccc(C(=O)OCC)cc4)cc3)=CC2)cc1. The number of rotatable bonds is 7. The van der Waals surface area contributed by atoms with Crippen LogP contribution in [0.15, 0.2) is 91.4 Å². The molecule has 0 radical (unpaired) electrons. The summed E-state index contributed by atoms with van der Waals surface area (Å²) in [6.45, 7) is 5.05. The Hall–Kier alpha value is -4.19. The van der Waals surface area contributed by atoms with Gasteiger partial charge in [0.05, 0.1) is 24.3 Å². The van der Waals surface area contributed by atoms with E-state index in [2.05, 4.69) is 29.2 Å². The maximum absolute atomic E-state index is 11.8. The molecule has 0 bridgehead atoms. The molecule has 1 aliphatic heterocycles. The second-order valence-electron chi connectivity index (χ2n) is 7.66. The van der Waals surface area contributed by atoms with Crippen molar-refractivity contribution >= 4 is 23.2 Å². The molecule has 4 rings (SSSR count). The molecule has 0 spiro atoms. The molecule has 172 valence electrons. The molecule has 2 aromatic carbocycles. The molecule has 3 aromatic rings. The lowest BCUT2D eigenvalue weighted by Crippen LogP contribution is -2.29. The predicted molar refractivity (Wildman–Crippen MR) is 131 cm³/mol. The number of pyridine rings is 1. The van der Waals surface area contributed by atoms with Crippen LogP contribution >= 0.6 is 0 Å². The number of nitrogens with zero attached hydrogens (tertiary/aromatic N) is 2. The molecule has 0 saturated heterocycles. The van der Waals surface area contributed by atoms with Gasteiger partial charge in [-0.25, -0.2) is 9.59 Å². The molecule has 0 atom stereocenters. The minimum Gasteiger partial charge on any atom is -0.462 e. The van der Waals surface area contributed by atoms with Crippen molar-refractivity contribution in [1.82, 2.24) is 0 Å². The summed E-state index contributed by atoms with van der Waals surface area (Å²) in [4.78, 5) is 25.8. The third-order valence-electron chi connectivity index (χ3n) is 5.49. The smallest absolute Gasteiger partial charge is 0.338 e. The Morgan fingerprint density at radius 3 is 1.88 bits per heavy atom. The number of esters is 2. The van der Waals surface area contributed by atoms with Gasteiger partial charge in [-0.3, -0.25) is 0 Å². The van der Waals surface area contributed by atoms with Crippen molar-refractivity contribution in [3.8, 4) is 5.69 Å². The third kappa shape index (κ3) is 5.23. The minimum atomic E-state index is -0.311. The zero-order valence-corrected chi connectivity index (χ0v) is 19.3. The van der Waals surface area contributed by atoms with E-state index < -0.39 is 0 Å². The number of carbonyl (C=O) groups is 2. The van der Waals surface area contributed by atoms with E-state index in [0.717, 1.165) is 29.1 Å². The van der Waals surface area contributed by atoms with Gasteiger partial charge in [0.1, 0.15) is 0 Å². The molecule has 6 heteroatoms. The number of hydrogen-bond donors (Lipinski definition) is 0. The monoisotopic (exact) mass is 455 g/mol. The summed E-state index contributed by atoms with van der Waals surface area (Å²) in [6.07, 6.45) is 10.3. The minimum absolute atomic E-state index is 0.304. The van der Waals surface area contributed by atoms with Crippen LogP contribution in [0.3, 0.4) is 0 Å². The molecule has 1 aliphatic rings. The molecule has 0 amide bonds. The largest absolute Gasteiger partial charge is 0.462 e. The summed E-state index contributed by atoms with van der Waals surface area (Å²) >= 11 is 0. The fourth-order valence-electron chi connectivity index (χ4n) is 3.68. The molecular formula is C28H27N2O4+. The molecule has 0 fully saturated rings. The second kappa shape index (κ2) is 10.6. The van der Waals surface area contributed by atoms with E-state index in [1.54, 1.807) is 38.1 Å². The Labute approximate surface area is 199 Å². The van der Waals surface area contributed by atoms with Crippen LogP contribution in [-0.4, -0.2) is 31.7 Å². The highest BCUT2D eigenvalue weighted by atomic mass is 16.5. The van der Waals surface area contributed by atoms with Crippen molar-refractivity contribution < 1.29 is 23.6 Å². The van der Waals surface area contributed by atoms with Crippen LogP contribution in [0.5, 0.6) is 0 Å². The first-order valence-corrected chi connectivity index (χ1v) is 11.3. The highest BCUT2D eigenvalue weighted by Gasteiger charge is 2.13. The van der Waals surface area contributed by atoms with Gasteiger partial charge in [-0.1, -0.05) is 6.08 Å². The van der Waals surface area contributed by atoms with Crippen LogP contribution in [0.1, 0.15) is 40.1 Å². The number of allylic oxidation sites excluding steroid dienone is 2. The summed E-state index contributed by atoms with van der Waals surface area (Å²) in [6, 6.07) is 18.9. The molecule has 6 nitrogen and oxygen atoms in total. The summed E-state index contributed by atoms with van der Waals surface area (Å²) in [7, 11) is 0. The first-order chi connectivity index (χ1) is 16.6. The maximum Gasteiger partial charge on any atom is 0.338 e. The van der Waals surface area contributed by atoms with Crippen molar-refractivity contribution in [1.29, 1.82) is 0 Å². The van der Waals surface area contributed by atoms with Crippen LogP contribution in [-0.2, 0) is 9.47 Å². The normalized spacial score (nSPS) is 12.8. The Bertz CT molecular complexity index is 1210. The Balaban J connectivity index is 1.40. The van der Waals surface area contributed by atoms with Gasteiger partial charge in [-0.15, -0.1) is 0 Å². The lowest BCUT2D eigenvalue weighted by Gasteiger charge is -2.23. The van der Waals surface area contributed by atoms with Gasteiger partial charge in [0, 0.05) is 42.7 Å². The van der Waals surface area contributed by atoms with E-state index in [1.165, 1.54) is 0 Å². The Kier molecular flexibility index (Phi) is 7.18. The van der Waals surface area contributed by atoms with Gasteiger partial charge in [0.25, 0.3) is 0 Å². The summed E-state index contributed by atoms with van der Waals surface area (Å²) in [5.74, 6) is -0.615. The lowest BCUT2D eigenvalue weighted by molar-refractivity contribution is -0.595. The van der Waals surface area contributed by atoms with Crippen LogP contribution in [0, 0.1) is 0 Å². The van der Waals surface area contributed by atoms with Gasteiger partial charge in [-0.05, 0) is 67.5 Å². The van der Waals surface area contributed by atoms with Crippen LogP contribution < -0.4 is 9.47 Å². The number of benzene rings is 2. The number of carbonyl (C=O) groups excluding carboxylic acids is 2. The maximum atomic E-state index is 11.8. The van der Waals surface area contributed by atoms with Crippen LogP contribution in [0.4, 0.5) is 5.69 Å². The Morgan fingerprint density at radius 2 is 1.38 bits per heavy atom. The van der Waals surface area contributed by atoms with E-state index in [-0.39, 0.29) is 11.9 Å². The second-order valence-corrected chi connectivity index (χ2v) is 7.66. The zero-order valence-electron chi connectivity index (χ0n) is 19.3. The molecule has 0 N–H and O–H groups in total. The fraction of sp³-hybridized carbons (Fsp3) is 0.179. The fourth-order valence-corrected chi connectivity index (χ4v) is 3.68. The molecular weight excluding hydrogens is 428 g/mol.